The van der Waals surface area contributed by atoms with Gasteiger partial charge in [-0.3, -0.25) is 0 Å². The molecule has 0 aliphatic rings. The molecule has 11 heavy (non-hydrogen) atoms. The second-order valence-electron chi connectivity index (χ2n) is 1.36. The molecule has 0 radical (unpaired) electrons. The van der Waals surface area contributed by atoms with Crippen molar-refractivity contribution in [2.75, 3.05) is 19.8 Å². The quantitative estimate of drug-likeness (QED) is 0.597. The predicted molar refractivity (Wildman–Crippen MR) is 38.6 cm³/mol. The van der Waals surface area contributed by atoms with Crippen LogP contribution in [0.1, 0.15) is 6.92 Å². The summed E-state index contributed by atoms with van der Waals surface area (Å²) in [6, 6.07) is 0. The summed E-state index contributed by atoms with van der Waals surface area (Å²) in [6.07, 6.45) is 0. The lowest BCUT2D eigenvalue weighted by molar-refractivity contribution is 0.171. The molecule has 0 amide bonds. The molecule has 0 saturated carbocycles. The van der Waals surface area contributed by atoms with E-state index in [1.54, 1.807) is 0 Å². The van der Waals surface area contributed by atoms with Crippen molar-refractivity contribution in [2.24, 2.45) is 0 Å². The van der Waals surface area contributed by atoms with E-state index in [0.717, 1.165) is 0 Å². The van der Waals surface area contributed by atoms with Crippen molar-refractivity contribution in [1.29, 1.82) is 0 Å². The molecule has 0 aliphatic carbocycles. The van der Waals surface area contributed by atoms with Crippen LogP contribution in [-0.2, 0) is 18.8 Å². The minimum absolute atomic E-state index is 0. The van der Waals surface area contributed by atoms with Crippen LogP contribution in [0.25, 0.3) is 0 Å². The molecular formula is C4H13NO5S. The van der Waals surface area contributed by atoms with Crippen LogP contribution < -0.4 is 6.15 Å². The zero-order valence-electron chi connectivity index (χ0n) is 6.32. The van der Waals surface area contributed by atoms with Gasteiger partial charge in [0.25, 0.3) is 0 Å². The topological polar surface area (TPSA) is 108 Å². The summed E-state index contributed by atoms with van der Waals surface area (Å²) in [4.78, 5) is 0. The first-order valence-corrected chi connectivity index (χ1v) is 4.10. The molecule has 0 aromatic heterocycles. The van der Waals surface area contributed by atoms with Gasteiger partial charge in [-0.05, 0) is 6.92 Å². The highest BCUT2D eigenvalue weighted by atomic mass is 32.3. The largest absolute Gasteiger partial charge is 0.399 e. The molecule has 0 unspecified atom stereocenters. The average Bonchev–Trinajstić information content (AvgIpc) is 1.84. The van der Waals surface area contributed by atoms with Crippen LogP contribution in [-0.4, -0.2) is 33.3 Å². The van der Waals surface area contributed by atoms with Gasteiger partial charge in [0.2, 0.25) is 0 Å². The third kappa shape index (κ3) is 7.69. The Morgan fingerprint density at radius 1 is 1.36 bits per heavy atom. The molecule has 0 aromatic rings. The van der Waals surface area contributed by atoms with Crippen LogP contribution >= 0.6 is 0 Å². The minimum atomic E-state index is -3.85. The number of aliphatic hydroxyl groups is 1. The van der Waals surface area contributed by atoms with Crippen LogP contribution in [0.5, 0.6) is 0 Å². The van der Waals surface area contributed by atoms with Crippen molar-refractivity contribution in [3.63, 3.8) is 0 Å². The second kappa shape index (κ2) is 6.50. The van der Waals surface area contributed by atoms with E-state index < -0.39 is 10.4 Å². The molecule has 0 atom stereocenters. The summed E-state index contributed by atoms with van der Waals surface area (Å²) >= 11 is 0. The van der Waals surface area contributed by atoms with Crippen molar-refractivity contribution >= 4 is 10.4 Å². The molecule has 7 heteroatoms. The van der Waals surface area contributed by atoms with Crippen LogP contribution in [0.15, 0.2) is 0 Å². The predicted octanol–water partition coefficient (Wildman–Crippen LogP) is -0.561. The van der Waals surface area contributed by atoms with E-state index in [-0.39, 0.29) is 26.0 Å². The Balaban J connectivity index is 0. The standard InChI is InChI=1S/C4H10O5S.H3N/c1-2-8-10(6,7)9-4-3-5;/h5H,2-4H2,1H3;1H3. The van der Waals surface area contributed by atoms with Crippen molar-refractivity contribution in [3.8, 4) is 0 Å². The van der Waals surface area contributed by atoms with Gasteiger partial charge in [0.1, 0.15) is 0 Å². The molecular weight excluding hydrogens is 174 g/mol. The van der Waals surface area contributed by atoms with Crippen molar-refractivity contribution in [2.45, 2.75) is 6.92 Å². The normalized spacial score (nSPS) is 10.7. The van der Waals surface area contributed by atoms with E-state index in [1.165, 1.54) is 6.92 Å². The molecule has 6 nitrogen and oxygen atoms in total. The smallest absolute Gasteiger partial charge is 0.394 e. The molecule has 0 aromatic carbocycles. The highest BCUT2D eigenvalue weighted by molar-refractivity contribution is 7.81. The Morgan fingerprint density at radius 2 is 1.91 bits per heavy atom. The van der Waals surface area contributed by atoms with Gasteiger partial charge in [0, 0.05) is 0 Å². The Bertz CT molecular complexity index is 165. The van der Waals surface area contributed by atoms with Gasteiger partial charge in [0.05, 0.1) is 19.8 Å². The zero-order chi connectivity index (χ0) is 8.04. The van der Waals surface area contributed by atoms with E-state index in [9.17, 15) is 8.42 Å². The zero-order valence-corrected chi connectivity index (χ0v) is 7.13. The van der Waals surface area contributed by atoms with Crippen LogP contribution in [0.2, 0.25) is 0 Å². The average molecular weight is 187 g/mol. The van der Waals surface area contributed by atoms with E-state index in [4.69, 9.17) is 5.11 Å². The summed E-state index contributed by atoms with van der Waals surface area (Å²) in [5.74, 6) is 0. The fourth-order valence-electron chi connectivity index (χ4n) is 0.318. The maximum absolute atomic E-state index is 10.4. The monoisotopic (exact) mass is 187 g/mol. The van der Waals surface area contributed by atoms with Gasteiger partial charge >= 0.3 is 10.4 Å². The maximum Gasteiger partial charge on any atom is 0.399 e. The lowest BCUT2D eigenvalue weighted by Crippen LogP contribution is -2.12. The first kappa shape index (κ1) is 13.4. The SMILES string of the molecule is CCOS(=O)(=O)OCCO.N. The molecule has 4 N–H and O–H groups in total. The Hall–Kier alpha value is -0.210. The van der Waals surface area contributed by atoms with Gasteiger partial charge in [-0.2, -0.15) is 8.42 Å². The lowest BCUT2D eigenvalue weighted by atomic mass is 10.8. The van der Waals surface area contributed by atoms with Gasteiger partial charge in [-0.25, -0.2) is 8.37 Å². The van der Waals surface area contributed by atoms with E-state index >= 15 is 0 Å². The summed E-state index contributed by atoms with van der Waals surface area (Å²) < 4.78 is 29.2. The fourth-order valence-corrected chi connectivity index (χ4v) is 0.953. The first-order chi connectivity index (χ1) is 4.62. The highest BCUT2D eigenvalue weighted by Crippen LogP contribution is 1.93. The first-order valence-electron chi connectivity index (χ1n) is 2.77. The van der Waals surface area contributed by atoms with E-state index in [0.29, 0.717) is 0 Å². The van der Waals surface area contributed by atoms with Gasteiger partial charge < -0.3 is 11.3 Å². The van der Waals surface area contributed by atoms with Crippen LogP contribution in [0, 0.1) is 0 Å². The fraction of sp³-hybridized carbons (Fsp3) is 1.00. The minimum Gasteiger partial charge on any atom is -0.394 e. The molecule has 0 aliphatic heterocycles. The highest BCUT2D eigenvalue weighted by Gasteiger charge is 2.08. The van der Waals surface area contributed by atoms with Crippen molar-refractivity contribution < 1.29 is 21.9 Å². The Kier molecular flexibility index (Phi) is 7.91. The molecule has 0 saturated heterocycles. The van der Waals surface area contributed by atoms with Crippen molar-refractivity contribution in [3.05, 3.63) is 0 Å². The lowest BCUT2D eigenvalue weighted by Gasteiger charge is -2.00. The molecule has 70 valence electrons. The Morgan fingerprint density at radius 3 is 2.27 bits per heavy atom. The molecule has 0 fully saturated rings. The maximum atomic E-state index is 10.4. The second-order valence-corrected chi connectivity index (χ2v) is 2.65. The van der Waals surface area contributed by atoms with Crippen LogP contribution in [0.3, 0.4) is 0 Å². The summed E-state index contributed by atoms with van der Waals surface area (Å²) in [5.41, 5.74) is 0. The van der Waals surface area contributed by atoms with Crippen molar-refractivity contribution in [1.82, 2.24) is 6.15 Å². The third-order valence-corrected chi connectivity index (χ3v) is 1.56. The van der Waals surface area contributed by atoms with Gasteiger partial charge in [-0.15, -0.1) is 0 Å². The Labute approximate surface area is 66.0 Å². The number of hydrogen-bond donors (Lipinski definition) is 2. The molecule has 0 rings (SSSR count). The summed E-state index contributed by atoms with van der Waals surface area (Å²) in [6.45, 7) is 0.961. The van der Waals surface area contributed by atoms with E-state index in [2.05, 4.69) is 8.37 Å². The molecule has 0 spiro atoms. The number of hydrogen-bond acceptors (Lipinski definition) is 6. The number of aliphatic hydroxyl groups excluding tert-OH is 1. The third-order valence-electron chi connectivity index (χ3n) is 0.581. The van der Waals surface area contributed by atoms with Crippen LogP contribution in [0.4, 0.5) is 0 Å². The molecule has 0 heterocycles. The summed E-state index contributed by atoms with van der Waals surface area (Å²) in [7, 11) is -3.85. The summed E-state index contributed by atoms with van der Waals surface area (Å²) in [5, 5.41) is 8.15. The van der Waals surface area contributed by atoms with E-state index in [1.807, 2.05) is 0 Å². The van der Waals surface area contributed by atoms with Gasteiger partial charge in [-0.1, -0.05) is 0 Å². The molecule has 0 bridgehead atoms. The van der Waals surface area contributed by atoms with Gasteiger partial charge in [0.15, 0.2) is 0 Å². The number of rotatable bonds is 5.